The van der Waals surface area contributed by atoms with E-state index in [0.717, 1.165) is 22.2 Å². The first-order chi connectivity index (χ1) is 16.9. The van der Waals surface area contributed by atoms with Crippen molar-refractivity contribution in [1.29, 1.82) is 0 Å². The second kappa shape index (κ2) is 10.6. The van der Waals surface area contributed by atoms with Gasteiger partial charge in [0.2, 0.25) is 5.88 Å². The molecular formula is C27H32Cl2FN5O3. The summed E-state index contributed by atoms with van der Waals surface area (Å²) in [5.41, 5.74) is 3.72. The summed E-state index contributed by atoms with van der Waals surface area (Å²) >= 11 is 0. The number of halogens is 3. The summed E-state index contributed by atoms with van der Waals surface area (Å²) in [6.45, 7) is 11.5. The van der Waals surface area contributed by atoms with Crippen molar-refractivity contribution in [1.82, 2.24) is 25.5 Å². The molecule has 38 heavy (non-hydrogen) atoms. The maximum atomic E-state index is 15.1. The van der Waals surface area contributed by atoms with Crippen molar-refractivity contribution >= 4 is 35.9 Å². The van der Waals surface area contributed by atoms with Crippen LogP contribution in [0.5, 0.6) is 11.6 Å². The van der Waals surface area contributed by atoms with Crippen LogP contribution in [0, 0.1) is 13.8 Å². The van der Waals surface area contributed by atoms with Gasteiger partial charge in [-0.2, -0.15) is 0 Å². The van der Waals surface area contributed by atoms with Crippen LogP contribution >= 0.6 is 24.8 Å². The molecular weight excluding hydrogens is 532 g/mol. The predicted molar refractivity (Wildman–Crippen MR) is 149 cm³/mol. The summed E-state index contributed by atoms with van der Waals surface area (Å²) < 4.78 is 26.6. The Kier molecular flexibility index (Phi) is 8.27. The molecule has 1 fully saturated rings. The van der Waals surface area contributed by atoms with Crippen LogP contribution in [0.3, 0.4) is 0 Å². The number of ether oxygens (including phenoxy) is 1. The number of oxazole rings is 1. The van der Waals surface area contributed by atoms with Gasteiger partial charge in [0, 0.05) is 42.2 Å². The molecule has 204 valence electrons. The summed E-state index contributed by atoms with van der Waals surface area (Å²) in [6, 6.07) is 8.77. The van der Waals surface area contributed by atoms with Gasteiger partial charge in [-0.05, 0) is 70.0 Å². The van der Waals surface area contributed by atoms with Crippen LogP contribution in [0.25, 0.3) is 33.6 Å². The van der Waals surface area contributed by atoms with Gasteiger partial charge in [-0.3, -0.25) is 0 Å². The lowest BCUT2D eigenvalue weighted by atomic mass is 9.79. The minimum atomic E-state index is -1.21. The van der Waals surface area contributed by atoms with Crippen LogP contribution < -0.4 is 10.1 Å². The molecule has 1 aromatic carbocycles. The van der Waals surface area contributed by atoms with Gasteiger partial charge in [0.05, 0.1) is 0 Å². The Morgan fingerprint density at radius 1 is 1.05 bits per heavy atom. The zero-order chi connectivity index (χ0) is 25.8. The number of piperidine rings is 1. The van der Waals surface area contributed by atoms with E-state index in [1.165, 1.54) is 0 Å². The van der Waals surface area contributed by atoms with Crippen molar-refractivity contribution in [2.45, 2.75) is 71.3 Å². The topological polar surface area (TPSA) is 106 Å². The van der Waals surface area contributed by atoms with Crippen LogP contribution in [0.15, 0.2) is 40.9 Å². The minimum absolute atomic E-state index is 0. The van der Waals surface area contributed by atoms with Gasteiger partial charge in [0.25, 0.3) is 0 Å². The largest absolute Gasteiger partial charge is 0.506 e. The zero-order valence-corrected chi connectivity index (χ0v) is 23.7. The number of hydrogen-bond acceptors (Lipinski definition) is 8. The number of benzene rings is 1. The van der Waals surface area contributed by atoms with Gasteiger partial charge in [-0.25, -0.2) is 14.4 Å². The summed E-state index contributed by atoms with van der Waals surface area (Å²) in [5.74, 6) is 0.789. The van der Waals surface area contributed by atoms with Crippen molar-refractivity contribution < 1.29 is 18.7 Å². The predicted octanol–water partition coefficient (Wildman–Crippen LogP) is 6.15. The maximum absolute atomic E-state index is 15.1. The third-order valence-corrected chi connectivity index (χ3v) is 6.54. The smallest absolute Gasteiger partial charge is 0.233 e. The Bertz CT molecular complexity index is 1440. The van der Waals surface area contributed by atoms with Gasteiger partial charge >= 0.3 is 0 Å². The fourth-order valence-electron chi connectivity index (χ4n) is 5.11. The number of fused-ring (bicyclic) bond motifs is 1. The first-order valence-electron chi connectivity index (χ1n) is 11.9. The highest BCUT2D eigenvalue weighted by molar-refractivity contribution is 5.86. The molecule has 0 spiro atoms. The van der Waals surface area contributed by atoms with E-state index in [9.17, 15) is 5.11 Å². The Labute approximate surface area is 233 Å². The normalized spacial score (nSPS) is 19.9. The monoisotopic (exact) mass is 563 g/mol. The second-order valence-corrected chi connectivity index (χ2v) is 10.7. The summed E-state index contributed by atoms with van der Waals surface area (Å²) in [5, 5.41) is 22.3. The molecule has 2 N–H and O–H groups in total. The highest BCUT2D eigenvalue weighted by Crippen LogP contribution is 2.35. The summed E-state index contributed by atoms with van der Waals surface area (Å²) in [4.78, 5) is 8.83. The molecule has 0 radical (unpaired) electrons. The first-order valence-corrected chi connectivity index (χ1v) is 11.9. The van der Waals surface area contributed by atoms with Crippen molar-refractivity contribution in [2.24, 2.45) is 0 Å². The average molecular weight is 564 g/mol. The molecule has 0 amide bonds. The van der Waals surface area contributed by atoms with E-state index in [1.54, 1.807) is 24.4 Å². The number of aromatic hydroxyl groups is 1. The van der Waals surface area contributed by atoms with Gasteiger partial charge in [0.1, 0.15) is 28.8 Å². The maximum Gasteiger partial charge on any atom is 0.233 e. The third-order valence-electron chi connectivity index (χ3n) is 6.54. The zero-order valence-electron chi connectivity index (χ0n) is 22.1. The van der Waals surface area contributed by atoms with Crippen molar-refractivity contribution in [3.8, 4) is 34.1 Å². The second-order valence-electron chi connectivity index (χ2n) is 10.7. The molecule has 11 heteroatoms. The molecule has 5 rings (SSSR count). The average Bonchev–Trinajstić information content (AvgIpc) is 3.18. The summed E-state index contributed by atoms with van der Waals surface area (Å²) in [6.07, 6.45) is 0.284. The van der Waals surface area contributed by atoms with Crippen molar-refractivity contribution in [3.63, 3.8) is 0 Å². The van der Waals surface area contributed by atoms with E-state index in [0.29, 0.717) is 29.3 Å². The number of hydrogen-bond donors (Lipinski definition) is 2. The quantitative estimate of drug-likeness (QED) is 0.304. The van der Waals surface area contributed by atoms with E-state index in [1.807, 2.05) is 53.7 Å². The highest BCUT2D eigenvalue weighted by atomic mass is 35.5. The number of rotatable bonds is 4. The number of aromatic nitrogens is 4. The third kappa shape index (κ3) is 5.70. The molecule has 4 aromatic rings. The molecule has 0 saturated carbocycles. The molecule has 2 atom stereocenters. The lowest BCUT2D eigenvalue weighted by molar-refractivity contribution is -0.0281. The molecule has 4 heterocycles. The number of nitrogens with zero attached hydrogens (tertiary/aromatic N) is 4. The van der Waals surface area contributed by atoms with Crippen LogP contribution in [0.4, 0.5) is 4.39 Å². The molecule has 1 saturated heterocycles. The molecule has 0 aliphatic carbocycles. The molecule has 0 bridgehead atoms. The van der Waals surface area contributed by atoms with Gasteiger partial charge in [-0.1, -0.05) is 0 Å². The van der Waals surface area contributed by atoms with Gasteiger partial charge in [-0.15, -0.1) is 35.0 Å². The molecule has 8 nitrogen and oxygen atoms in total. The fourth-order valence-corrected chi connectivity index (χ4v) is 5.11. The number of aryl methyl sites for hydroxylation is 2. The summed E-state index contributed by atoms with van der Waals surface area (Å²) in [7, 11) is 0. The van der Waals surface area contributed by atoms with E-state index in [-0.39, 0.29) is 42.0 Å². The Morgan fingerprint density at radius 2 is 1.79 bits per heavy atom. The number of pyridine rings is 1. The number of nitrogens with one attached hydrogen (secondary N) is 1. The van der Waals surface area contributed by atoms with E-state index >= 15 is 4.39 Å². The van der Waals surface area contributed by atoms with E-state index in [2.05, 4.69) is 25.5 Å². The lowest BCUT2D eigenvalue weighted by Crippen LogP contribution is -2.66. The first kappa shape index (κ1) is 29.5. The fraction of sp³-hybridized carbons (Fsp3) is 0.407. The van der Waals surface area contributed by atoms with Crippen molar-refractivity contribution in [2.75, 3.05) is 0 Å². The molecule has 1 aliphatic rings. The standard InChI is InChI=1S/C27H30FN5O3.2ClH/c1-14-9-16(11-20-23(14)30-15(2)35-20)17-10-19(34)24(29-13-17)18-7-8-22(32-31-18)36-21-12-26(3,4)33-27(5,6)25(21)28;;/h7-11,13,21,25,33-34H,12H2,1-6H3;2*1H/t21-,25-;;/m1../s1. The van der Waals surface area contributed by atoms with Crippen LogP contribution in [0.1, 0.15) is 45.6 Å². The van der Waals surface area contributed by atoms with Crippen LogP contribution in [-0.4, -0.2) is 48.6 Å². The van der Waals surface area contributed by atoms with E-state index in [4.69, 9.17) is 9.15 Å². The van der Waals surface area contributed by atoms with Crippen LogP contribution in [0.2, 0.25) is 0 Å². The molecule has 3 aromatic heterocycles. The SMILES string of the molecule is Cc1nc2c(C)cc(-c3cnc(-c4ccc(O[C@@H]5CC(C)(C)NC(C)(C)[C@@H]5F)nn4)c(O)c3)cc2o1.Cl.Cl. The highest BCUT2D eigenvalue weighted by Gasteiger charge is 2.47. The van der Waals surface area contributed by atoms with Gasteiger partial charge < -0.3 is 19.6 Å². The van der Waals surface area contributed by atoms with Crippen LogP contribution in [-0.2, 0) is 0 Å². The Morgan fingerprint density at radius 3 is 2.45 bits per heavy atom. The molecule has 0 unspecified atom stereocenters. The Balaban J connectivity index is 0.00000200. The minimum Gasteiger partial charge on any atom is -0.506 e. The van der Waals surface area contributed by atoms with Crippen molar-refractivity contribution in [3.05, 3.63) is 48.0 Å². The van der Waals surface area contributed by atoms with Gasteiger partial charge in [0.15, 0.2) is 17.6 Å². The molecule has 1 aliphatic heterocycles. The number of alkyl halides is 1. The van der Waals surface area contributed by atoms with E-state index < -0.39 is 17.8 Å². The lowest BCUT2D eigenvalue weighted by Gasteiger charge is -2.48. The Hall–Kier alpha value is -3.01.